The van der Waals surface area contributed by atoms with Crippen LogP contribution in [0.3, 0.4) is 0 Å². The summed E-state index contributed by atoms with van der Waals surface area (Å²) in [5, 5.41) is 13.9. The summed E-state index contributed by atoms with van der Waals surface area (Å²) in [6.45, 7) is 7.57. The van der Waals surface area contributed by atoms with Crippen LogP contribution in [0.15, 0.2) is 29.5 Å². The van der Waals surface area contributed by atoms with E-state index in [-0.39, 0.29) is 5.57 Å². The Bertz CT molecular complexity index is 1120. The molecule has 4 rings (SSSR count). The number of rotatable bonds is 8. The van der Waals surface area contributed by atoms with E-state index in [4.69, 9.17) is 14.2 Å². The highest BCUT2D eigenvalue weighted by Gasteiger charge is 2.41. The van der Waals surface area contributed by atoms with Crippen molar-refractivity contribution in [2.75, 3.05) is 53.6 Å². The number of benzene rings is 1. The van der Waals surface area contributed by atoms with E-state index in [1.807, 2.05) is 6.92 Å². The first-order valence-corrected chi connectivity index (χ1v) is 12.0. The molecule has 1 saturated heterocycles. The topological polar surface area (TPSA) is 105 Å². The van der Waals surface area contributed by atoms with Gasteiger partial charge in [0.25, 0.3) is 0 Å². The van der Waals surface area contributed by atoms with Gasteiger partial charge in [-0.25, -0.2) is 4.98 Å². The molecular formula is C24H29N3O6S. The molecule has 0 saturated carbocycles. The number of nitrogens with zero attached hydrogens (tertiary/aromatic N) is 2. The largest absolute Gasteiger partial charge is 0.868 e. The van der Waals surface area contributed by atoms with Crippen LogP contribution in [0.1, 0.15) is 32.0 Å². The Morgan fingerprint density at radius 3 is 2.56 bits per heavy atom. The standard InChI is InChI=1S/C24H29N3O6S/c1-14-23(34-15(2)25-14)21(28)19-20(16-5-6-17(31-3)18(13-16)32-4)27(24(30)22(19)29)8-7-26-9-11-33-12-10-26/h5-6,13,20,29H,7-12H2,1-4H3. The average molecular weight is 488 g/mol. The molecule has 0 spiro atoms. The van der Waals surface area contributed by atoms with E-state index in [2.05, 4.69) is 4.98 Å². The first kappa shape index (κ1) is 24.2. The molecule has 34 heavy (non-hydrogen) atoms. The van der Waals surface area contributed by atoms with Gasteiger partial charge in [-0.1, -0.05) is 6.07 Å². The van der Waals surface area contributed by atoms with Crippen LogP contribution in [0.4, 0.5) is 0 Å². The van der Waals surface area contributed by atoms with Crippen LogP contribution in [0.25, 0.3) is 0 Å². The fraction of sp³-hybridized carbons (Fsp3) is 0.458. The Hall–Kier alpha value is -2.95. The predicted octanol–water partition coefficient (Wildman–Crippen LogP) is 0.0728. The third-order valence-corrected chi connectivity index (χ3v) is 7.34. The number of aryl methyl sites for hydroxylation is 2. The Labute approximate surface area is 202 Å². The van der Waals surface area contributed by atoms with Gasteiger partial charge in [-0.15, -0.1) is 11.3 Å². The molecule has 1 unspecified atom stereocenters. The highest BCUT2D eigenvalue weighted by molar-refractivity contribution is 7.14. The van der Waals surface area contributed by atoms with E-state index in [9.17, 15) is 14.7 Å². The van der Waals surface area contributed by atoms with Gasteiger partial charge < -0.3 is 29.1 Å². The molecule has 0 aliphatic carbocycles. The third kappa shape index (κ3) is 4.53. The zero-order valence-corrected chi connectivity index (χ0v) is 20.6. The van der Waals surface area contributed by atoms with Crippen molar-refractivity contribution in [3.63, 3.8) is 0 Å². The number of Topliss-reactive ketones (excluding diaryl/α,β-unsaturated/α-hetero) is 1. The number of nitrogens with one attached hydrogen (secondary N) is 1. The van der Waals surface area contributed by atoms with Crippen LogP contribution < -0.4 is 19.5 Å². The van der Waals surface area contributed by atoms with Gasteiger partial charge >= 0.3 is 0 Å². The van der Waals surface area contributed by atoms with Crippen LogP contribution in [-0.4, -0.2) is 75.2 Å². The van der Waals surface area contributed by atoms with Gasteiger partial charge in [-0.05, 0) is 37.3 Å². The zero-order chi connectivity index (χ0) is 24.4. The molecule has 1 fully saturated rings. The second kappa shape index (κ2) is 10.1. The zero-order valence-electron chi connectivity index (χ0n) is 19.8. The van der Waals surface area contributed by atoms with Gasteiger partial charge in [0.1, 0.15) is 13.1 Å². The lowest BCUT2D eigenvalue weighted by atomic mass is 9.94. The van der Waals surface area contributed by atoms with Crippen molar-refractivity contribution in [2.24, 2.45) is 0 Å². The first-order chi connectivity index (χ1) is 16.3. The van der Waals surface area contributed by atoms with E-state index in [1.54, 1.807) is 25.1 Å². The van der Waals surface area contributed by atoms with Gasteiger partial charge in [0, 0.05) is 5.57 Å². The molecule has 1 atom stereocenters. The monoisotopic (exact) mass is 487 g/mol. The number of ketones is 1. The molecule has 1 amide bonds. The van der Waals surface area contributed by atoms with Crippen LogP contribution >= 0.6 is 11.3 Å². The Morgan fingerprint density at radius 2 is 1.94 bits per heavy atom. The number of methoxy groups -OCH3 is 2. The average Bonchev–Trinajstić information content (AvgIpc) is 3.32. The van der Waals surface area contributed by atoms with Crippen molar-refractivity contribution in [3.05, 3.63) is 50.7 Å². The molecule has 3 heterocycles. The predicted molar refractivity (Wildman–Crippen MR) is 123 cm³/mol. The summed E-state index contributed by atoms with van der Waals surface area (Å²) in [4.78, 5) is 34.3. The number of morpholine rings is 1. The summed E-state index contributed by atoms with van der Waals surface area (Å²) in [5.74, 6) is -0.875. The molecular weight excluding hydrogens is 458 g/mol. The number of amides is 1. The van der Waals surface area contributed by atoms with Crippen molar-refractivity contribution >= 4 is 23.0 Å². The van der Waals surface area contributed by atoms with Crippen LogP contribution in [0.5, 0.6) is 11.5 Å². The van der Waals surface area contributed by atoms with Crippen molar-refractivity contribution < 1.29 is 33.8 Å². The van der Waals surface area contributed by atoms with Gasteiger partial charge in [-0.2, -0.15) is 0 Å². The molecule has 10 heteroatoms. The molecule has 0 radical (unpaired) electrons. The lowest BCUT2D eigenvalue weighted by Crippen LogP contribution is -3.14. The van der Waals surface area contributed by atoms with E-state index in [0.717, 1.165) is 18.1 Å². The normalized spacial score (nSPS) is 19.1. The summed E-state index contributed by atoms with van der Waals surface area (Å²) < 4.78 is 16.2. The minimum Gasteiger partial charge on any atom is -0.868 e. The molecule has 1 N–H and O–H groups in total. The molecule has 9 nitrogen and oxygen atoms in total. The first-order valence-electron chi connectivity index (χ1n) is 11.2. The van der Waals surface area contributed by atoms with Crippen molar-refractivity contribution in [2.45, 2.75) is 19.9 Å². The number of hydrogen-bond acceptors (Lipinski definition) is 8. The number of quaternary nitrogens is 1. The summed E-state index contributed by atoms with van der Waals surface area (Å²) in [6.07, 6.45) is 0. The van der Waals surface area contributed by atoms with Gasteiger partial charge in [0.05, 0.1) is 62.1 Å². The van der Waals surface area contributed by atoms with Gasteiger partial charge in [-0.3, -0.25) is 9.59 Å². The summed E-state index contributed by atoms with van der Waals surface area (Å²) >= 11 is 1.23. The quantitative estimate of drug-likeness (QED) is 0.526. The minimum atomic E-state index is -0.811. The van der Waals surface area contributed by atoms with Gasteiger partial charge in [0.15, 0.2) is 11.5 Å². The number of hydrogen-bond donors (Lipinski definition) is 1. The summed E-state index contributed by atoms with van der Waals surface area (Å²) in [6, 6.07) is 4.40. The molecule has 2 aromatic rings. The third-order valence-electron chi connectivity index (χ3n) is 6.27. The molecule has 0 bridgehead atoms. The fourth-order valence-electron chi connectivity index (χ4n) is 4.52. The minimum absolute atomic E-state index is 0.0408. The van der Waals surface area contributed by atoms with E-state index < -0.39 is 23.5 Å². The van der Waals surface area contributed by atoms with E-state index in [0.29, 0.717) is 53.9 Å². The van der Waals surface area contributed by atoms with Crippen LogP contribution in [0, 0.1) is 13.8 Å². The molecule has 1 aromatic heterocycles. The van der Waals surface area contributed by atoms with Crippen molar-refractivity contribution in [3.8, 4) is 11.5 Å². The Balaban J connectivity index is 1.74. The number of carbonyl (C=O) groups is 2. The molecule has 2 aliphatic heterocycles. The van der Waals surface area contributed by atoms with E-state index in [1.165, 1.54) is 35.4 Å². The maximum Gasteiger partial charge on any atom is 0.240 e. The fourth-order valence-corrected chi connectivity index (χ4v) is 5.40. The maximum absolute atomic E-state index is 13.6. The lowest BCUT2D eigenvalue weighted by Gasteiger charge is -2.30. The van der Waals surface area contributed by atoms with Crippen molar-refractivity contribution in [1.82, 2.24) is 9.88 Å². The number of aromatic nitrogens is 1. The molecule has 1 aromatic carbocycles. The Morgan fingerprint density at radius 1 is 1.24 bits per heavy atom. The maximum atomic E-state index is 13.6. The number of thiazole rings is 1. The smallest absolute Gasteiger partial charge is 0.240 e. The van der Waals surface area contributed by atoms with Crippen molar-refractivity contribution in [1.29, 1.82) is 0 Å². The molecule has 182 valence electrons. The molecule has 2 aliphatic rings. The van der Waals surface area contributed by atoms with Crippen LogP contribution in [-0.2, 0) is 9.53 Å². The Kier molecular flexibility index (Phi) is 7.20. The van der Waals surface area contributed by atoms with E-state index >= 15 is 0 Å². The van der Waals surface area contributed by atoms with Crippen LogP contribution in [0.2, 0.25) is 0 Å². The second-order valence-electron chi connectivity index (χ2n) is 8.35. The summed E-state index contributed by atoms with van der Waals surface area (Å²) in [5.41, 5.74) is 1.14. The lowest BCUT2D eigenvalue weighted by molar-refractivity contribution is -0.907. The highest BCUT2D eigenvalue weighted by Crippen LogP contribution is 2.41. The van der Waals surface area contributed by atoms with Gasteiger partial charge in [0.2, 0.25) is 11.7 Å². The second-order valence-corrected chi connectivity index (χ2v) is 9.55. The number of ether oxygens (including phenoxy) is 3. The number of carbonyl (C=O) groups excluding carboxylic acids is 2. The SMILES string of the molecule is COc1ccc(C2C(C(=O)c3sc(C)nc3C)=C([O-])C(=O)N2CC[NH+]2CCOCC2)cc1OC. The summed E-state index contributed by atoms with van der Waals surface area (Å²) in [7, 11) is 3.05. The highest BCUT2D eigenvalue weighted by atomic mass is 32.1.